The Hall–Kier alpha value is -2.97. The van der Waals surface area contributed by atoms with Crippen LogP contribution in [-0.2, 0) is 14.8 Å². The van der Waals surface area contributed by atoms with Crippen molar-refractivity contribution in [3.63, 3.8) is 0 Å². The maximum absolute atomic E-state index is 13.0. The summed E-state index contributed by atoms with van der Waals surface area (Å²) in [6, 6.07) is 10.0. The fraction of sp³-hybridized carbons (Fsp3) is 0.333. The highest BCUT2D eigenvalue weighted by Gasteiger charge is 2.31. The van der Waals surface area contributed by atoms with Crippen molar-refractivity contribution in [2.75, 3.05) is 0 Å². The van der Waals surface area contributed by atoms with Crippen LogP contribution in [0.5, 0.6) is 5.75 Å². The molecule has 1 heterocycles. The normalized spacial score (nSPS) is 13.7. The monoisotopic (exact) mass is 457 g/mol. The molecule has 0 amide bonds. The van der Waals surface area contributed by atoms with Crippen LogP contribution in [0.25, 0.3) is 11.0 Å². The van der Waals surface area contributed by atoms with Crippen LogP contribution in [0.15, 0.2) is 56.6 Å². The van der Waals surface area contributed by atoms with Crippen molar-refractivity contribution in [1.82, 2.24) is 4.72 Å². The lowest BCUT2D eigenvalue weighted by atomic mass is 10.0. The first kappa shape index (κ1) is 23.7. The molecule has 1 N–H and O–H groups in total. The molecule has 0 fully saturated rings. The Kier molecular flexibility index (Phi) is 6.85. The third-order valence-corrected chi connectivity index (χ3v) is 7.18. The second-order valence-corrected chi connectivity index (χ2v) is 9.73. The van der Waals surface area contributed by atoms with E-state index in [2.05, 4.69) is 4.72 Å². The van der Waals surface area contributed by atoms with Gasteiger partial charge in [0.25, 0.3) is 0 Å². The molecule has 0 spiro atoms. The van der Waals surface area contributed by atoms with E-state index in [1.807, 2.05) is 20.8 Å². The van der Waals surface area contributed by atoms with Crippen LogP contribution < -0.4 is 15.1 Å². The summed E-state index contributed by atoms with van der Waals surface area (Å²) in [5, 5.41) is 0.737. The standard InChI is InChI=1S/C24H27NO6S/c1-6-15(3)22(25-32(28,29)19-10-7-14(2)8-11-19)24(27)30-18-9-12-20-16(4)17(5)23(26)31-21(20)13-18/h7-13,15,22,25H,6H2,1-5H3/t15-,22+/m1/s1. The van der Waals surface area contributed by atoms with E-state index < -0.39 is 27.7 Å². The molecule has 8 heteroatoms. The van der Waals surface area contributed by atoms with E-state index in [9.17, 15) is 18.0 Å². The number of nitrogens with one attached hydrogen (secondary N) is 1. The second kappa shape index (κ2) is 9.26. The molecule has 3 rings (SSSR count). The molecular weight excluding hydrogens is 430 g/mol. The van der Waals surface area contributed by atoms with Gasteiger partial charge in [0.1, 0.15) is 17.4 Å². The number of carbonyl (C=O) groups is 1. The highest BCUT2D eigenvalue weighted by molar-refractivity contribution is 7.89. The summed E-state index contributed by atoms with van der Waals surface area (Å²) < 4.78 is 39.0. The molecule has 0 aliphatic heterocycles. The summed E-state index contributed by atoms with van der Waals surface area (Å²) in [4.78, 5) is 25.0. The van der Waals surface area contributed by atoms with Gasteiger partial charge in [-0.25, -0.2) is 18.0 Å². The molecule has 2 atom stereocenters. The van der Waals surface area contributed by atoms with Gasteiger partial charge in [-0.2, -0.15) is 4.72 Å². The van der Waals surface area contributed by atoms with Crippen molar-refractivity contribution < 1.29 is 22.4 Å². The number of rotatable bonds is 7. The Morgan fingerprint density at radius 1 is 1.06 bits per heavy atom. The van der Waals surface area contributed by atoms with Crippen molar-refractivity contribution in [2.24, 2.45) is 5.92 Å². The first-order chi connectivity index (χ1) is 15.0. The van der Waals surface area contributed by atoms with Crippen molar-refractivity contribution in [3.8, 4) is 5.75 Å². The van der Waals surface area contributed by atoms with E-state index in [0.717, 1.165) is 16.5 Å². The third-order valence-electron chi connectivity index (χ3n) is 5.73. The molecule has 0 saturated heterocycles. The fourth-order valence-electron chi connectivity index (χ4n) is 3.26. The van der Waals surface area contributed by atoms with Gasteiger partial charge in [-0.05, 0) is 56.5 Å². The molecule has 7 nitrogen and oxygen atoms in total. The van der Waals surface area contributed by atoms with Crippen LogP contribution in [0.1, 0.15) is 37.0 Å². The van der Waals surface area contributed by atoms with Gasteiger partial charge in [0.05, 0.1) is 4.90 Å². The molecule has 0 aliphatic rings. The van der Waals surface area contributed by atoms with Crippen LogP contribution in [-0.4, -0.2) is 20.4 Å². The Labute approximate surface area is 187 Å². The summed E-state index contributed by atoms with van der Waals surface area (Å²) in [5.41, 5.74) is 2.07. The number of sulfonamides is 1. The largest absolute Gasteiger partial charge is 0.425 e. The minimum atomic E-state index is -3.93. The van der Waals surface area contributed by atoms with Gasteiger partial charge in [-0.3, -0.25) is 0 Å². The lowest BCUT2D eigenvalue weighted by Crippen LogP contribution is -2.46. The molecular formula is C24H27NO6S. The number of esters is 1. The van der Waals surface area contributed by atoms with Gasteiger partial charge in [0.15, 0.2) is 0 Å². The third kappa shape index (κ3) is 4.92. The Balaban J connectivity index is 1.89. The quantitative estimate of drug-likeness (QED) is 0.327. The van der Waals surface area contributed by atoms with E-state index in [0.29, 0.717) is 17.6 Å². The highest BCUT2D eigenvalue weighted by Crippen LogP contribution is 2.25. The summed E-state index contributed by atoms with van der Waals surface area (Å²) >= 11 is 0. The van der Waals surface area contributed by atoms with Crippen LogP contribution >= 0.6 is 0 Å². The van der Waals surface area contributed by atoms with Gasteiger partial charge in [-0.1, -0.05) is 38.0 Å². The topological polar surface area (TPSA) is 103 Å². The Bertz CT molecular complexity index is 1310. The first-order valence-electron chi connectivity index (χ1n) is 10.4. The molecule has 32 heavy (non-hydrogen) atoms. The summed E-state index contributed by atoms with van der Waals surface area (Å²) in [7, 11) is -3.93. The molecule has 0 bridgehead atoms. The van der Waals surface area contributed by atoms with Gasteiger partial charge < -0.3 is 9.15 Å². The maximum atomic E-state index is 13.0. The predicted molar refractivity (Wildman–Crippen MR) is 122 cm³/mol. The average molecular weight is 458 g/mol. The van der Waals surface area contributed by atoms with Gasteiger partial charge in [-0.15, -0.1) is 0 Å². The van der Waals surface area contributed by atoms with Crippen molar-refractivity contribution in [2.45, 2.75) is 52.0 Å². The number of benzene rings is 2. The number of carbonyl (C=O) groups excluding carboxylic acids is 1. The predicted octanol–water partition coefficient (Wildman–Crippen LogP) is 4.02. The highest BCUT2D eigenvalue weighted by atomic mass is 32.2. The van der Waals surface area contributed by atoms with Gasteiger partial charge in [0.2, 0.25) is 10.0 Å². The first-order valence-corrected chi connectivity index (χ1v) is 11.9. The van der Waals surface area contributed by atoms with Crippen molar-refractivity contribution in [1.29, 1.82) is 0 Å². The van der Waals surface area contributed by atoms with Crippen molar-refractivity contribution in [3.05, 3.63) is 69.6 Å². The number of fused-ring (bicyclic) bond motifs is 1. The summed E-state index contributed by atoms with van der Waals surface area (Å²) in [6.45, 7) is 9.00. The number of aryl methyl sites for hydroxylation is 2. The maximum Gasteiger partial charge on any atom is 0.339 e. The van der Waals surface area contributed by atoms with Crippen LogP contribution in [0.2, 0.25) is 0 Å². The van der Waals surface area contributed by atoms with Gasteiger partial charge >= 0.3 is 11.6 Å². The van der Waals surface area contributed by atoms with E-state index in [4.69, 9.17) is 9.15 Å². The average Bonchev–Trinajstić information content (AvgIpc) is 2.75. The number of hydrogen-bond acceptors (Lipinski definition) is 6. The van der Waals surface area contributed by atoms with Crippen LogP contribution in [0.4, 0.5) is 0 Å². The van der Waals surface area contributed by atoms with Crippen molar-refractivity contribution >= 4 is 27.0 Å². The molecule has 0 unspecified atom stereocenters. The number of hydrogen-bond donors (Lipinski definition) is 1. The minimum absolute atomic E-state index is 0.0718. The lowest BCUT2D eigenvalue weighted by molar-refractivity contribution is -0.137. The minimum Gasteiger partial charge on any atom is -0.425 e. The zero-order valence-corrected chi connectivity index (χ0v) is 19.6. The SMILES string of the molecule is CC[C@@H](C)[C@H](NS(=O)(=O)c1ccc(C)cc1)C(=O)Oc1ccc2c(C)c(C)c(=O)oc2c1. The lowest BCUT2D eigenvalue weighted by Gasteiger charge is -2.22. The van der Waals surface area contributed by atoms with E-state index in [1.54, 1.807) is 38.1 Å². The smallest absolute Gasteiger partial charge is 0.339 e. The molecule has 0 aliphatic carbocycles. The Morgan fingerprint density at radius 2 is 1.72 bits per heavy atom. The second-order valence-electron chi connectivity index (χ2n) is 8.02. The molecule has 3 aromatic rings. The van der Waals surface area contributed by atoms with E-state index >= 15 is 0 Å². The summed E-state index contributed by atoms with van der Waals surface area (Å²) in [6.07, 6.45) is 0.557. The zero-order chi connectivity index (χ0) is 23.6. The molecule has 170 valence electrons. The molecule has 0 saturated carbocycles. The molecule has 0 radical (unpaired) electrons. The Morgan fingerprint density at radius 3 is 2.34 bits per heavy atom. The fourth-order valence-corrected chi connectivity index (χ4v) is 4.55. The molecule has 2 aromatic carbocycles. The van der Waals surface area contributed by atoms with Crippen LogP contribution in [0, 0.1) is 26.7 Å². The van der Waals surface area contributed by atoms with Gasteiger partial charge in [0, 0.05) is 17.0 Å². The van der Waals surface area contributed by atoms with E-state index in [-0.39, 0.29) is 16.6 Å². The zero-order valence-electron chi connectivity index (χ0n) is 18.8. The van der Waals surface area contributed by atoms with E-state index in [1.165, 1.54) is 18.2 Å². The number of ether oxygens (including phenoxy) is 1. The van der Waals surface area contributed by atoms with Crippen LogP contribution in [0.3, 0.4) is 0 Å². The summed E-state index contributed by atoms with van der Waals surface area (Å²) in [5.74, 6) is -0.886. The molecule has 1 aromatic heterocycles.